The quantitative estimate of drug-likeness (QED) is 0.574. The fourth-order valence-corrected chi connectivity index (χ4v) is 3.24. The average Bonchev–Trinajstić information content (AvgIpc) is 2.77. The minimum absolute atomic E-state index is 0.103. The smallest absolute Gasteiger partial charge is 0.252 e. The number of carbonyl (C=O) groups is 1. The highest BCUT2D eigenvalue weighted by atomic mass is 16.1. The van der Waals surface area contributed by atoms with Crippen molar-refractivity contribution in [3.05, 3.63) is 95.8 Å². The number of para-hydroxylation sites is 1. The van der Waals surface area contributed by atoms with E-state index in [-0.39, 0.29) is 5.91 Å². The molecular formula is C24H22N3O+. The van der Waals surface area contributed by atoms with Crippen LogP contribution in [0.4, 0.5) is 0 Å². The van der Waals surface area contributed by atoms with E-state index in [1.807, 2.05) is 54.9 Å². The number of H-pyrrole nitrogens is 1. The lowest BCUT2D eigenvalue weighted by Crippen LogP contribution is -2.24. The second-order valence-corrected chi connectivity index (χ2v) is 6.72. The number of hydrogen-bond acceptors (Lipinski definition) is 2. The fourth-order valence-electron chi connectivity index (χ4n) is 3.24. The molecule has 28 heavy (non-hydrogen) atoms. The van der Waals surface area contributed by atoms with Gasteiger partial charge in [-0.1, -0.05) is 49.4 Å². The first-order valence-corrected chi connectivity index (χ1v) is 9.47. The van der Waals surface area contributed by atoms with Crippen molar-refractivity contribution in [3.63, 3.8) is 0 Å². The number of aryl methyl sites for hydroxylation is 1. The van der Waals surface area contributed by atoms with Gasteiger partial charge in [-0.2, -0.15) is 0 Å². The van der Waals surface area contributed by atoms with Crippen LogP contribution in [0.5, 0.6) is 0 Å². The molecule has 0 unspecified atom stereocenters. The lowest BCUT2D eigenvalue weighted by molar-refractivity contribution is -0.378. The summed E-state index contributed by atoms with van der Waals surface area (Å²) in [6.45, 7) is 2.60. The summed E-state index contributed by atoms with van der Waals surface area (Å²) in [6, 6.07) is 21.9. The Hall–Kier alpha value is -3.53. The first kappa shape index (κ1) is 17.9. The Bertz CT molecular complexity index is 1110. The van der Waals surface area contributed by atoms with Crippen LogP contribution < -0.4 is 10.3 Å². The maximum atomic E-state index is 13.0. The summed E-state index contributed by atoms with van der Waals surface area (Å²) in [5.74, 6) is -0.103. The molecule has 2 aromatic carbocycles. The molecule has 2 N–H and O–H groups in total. The van der Waals surface area contributed by atoms with Crippen LogP contribution in [0, 0.1) is 0 Å². The molecule has 0 atom stereocenters. The van der Waals surface area contributed by atoms with Gasteiger partial charge in [0.15, 0.2) is 12.4 Å². The zero-order chi connectivity index (χ0) is 19.3. The van der Waals surface area contributed by atoms with E-state index in [0.29, 0.717) is 12.1 Å². The molecule has 0 spiro atoms. The lowest BCUT2D eigenvalue weighted by Gasteiger charge is -2.11. The second-order valence-electron chi connectivity index (χ2n) is 6.72. The third-order valence-electron chi connectivity index (χ3n) is 4.84. The normalized spacial score (nSPS) is 10.8. The Kier molecular flexibility index (Phi) is 5.11. The molecule has 4 rings (SSSR count). The van der Waals surface area contributed by atoms with E-state index in [9.17, 15) is 4.79 Å². The predicted octanol–water partition coefficient (Wildman–Crippen LogP) is 4.21. The zero-order valence-corrected chi connectivity index (χ0v) is 15.8. The van der Waals surface area contributed by atoms with Gasteiger partial charge in [-0.05, 0) is 30.2 Å². The Morgan fingerprint density at radius 3 is 2.57 bits per heavy atom. The summed E-state index contributed by atoms with van der Waals surface area (Å²) in [7, 11) is 0. The van der Waals surface area contributed by atoms with Crippen molar-refractivity contribution in [1.82, 2.24) is 10.3 Å². The maximum Gasteiger partial charge on any atom is 0.252 e. The third-order valence-corrected chi connectivity index (χ3v) is 4.84. The highest BCUT2D eigenvalue weighted by Gasteiger charge is 2.14. The van der Waals surface area contributed by atoms with E-state index >= 15 is 0 Å². The highest BCUT2D eigenvalue weighted by Crippen LogP contribution is 2.25. The number of hydrogen-bond donors (Lipinski definition) is 1. The number of aromatic nitrogens is 2. The number of aromatic amines is 1. The van der Waals surface area contributed by atoms with Gasteiger partial charge in [0.05, 0.1) is 16.8 Å². The standard InChI is InChI=1S/C24H21N3O/c1-2-17-9-11-19(12-10-17)23-14-21(20-7-3-4-8-22(20)27-23)24(28)26-16-18-6-5-13-25-15-18/h3-15H,2,16H2,1H3,(H,26,28)/p+1. The van der Waals surface area contributed by atoms with Gasteiger partial charge in [-0.25, -0.2) is 9.97 Å². The van der Waals surface area contributed by atoms with Gasteiger partial charge in [0, 0.05) is 29.1 Å². The summed E-state index contributed by atoms with van der Waals surface area (Å²) in [4.78, 5) is 20.8. The Morgan fingerprint density at radius 1 is 1.00 bits per heavy atom. The molecule has 0 saturated carbocycles. The fraction of sp³-hybridized carbons (Fsp3) is 0.125. The lowest BCUT2D eigenvalue weighted by atomic mass is 10.0. The molecule has 0 saturated heterocycles. The Balaban J connectivity index is 1.70. The molecule has 0 radical (unpaired) electrons. The molecule has 0 aliphatic heterocycles. The molecule has 0 aliphatic carbocycles. The van der Waals surface area contributed by atoms with Gasteiger partial charge in [0.2, 0.25) is 0 Å². The van der Waals surface area contributed by atoms with Crippen molar-refractivity contribution in [2.75, 3.05) is 0 Å². The van der Waals surface area contributed by atoms with Crippen LogP contribution in [0.2, 0.25) is 0 Å². The summed E-state index contributed by atoms with van der Waals surface area (Å²) in [5.41, 5.74) is 5.57. The monoisotopic (exact) mass is 368 g/mol. The van der Waals surface area contributed by atoms with Crippen LogP contribution in [0.15, 0.2) is 79.1 Å². The number of nitrogens with zero attached hydrogens (tertiary/aromatic N) is 1. The minimum Gasteiger partial charge on any atom is -0.348 e. The number of fused-ring (bicyclic) bond motifs is 1. The molecule has 4 nitrogen and oxygen atoms in total. The summed E-state index contributed by atoms with van der Waals surface area (Å²) in [5, 5.41) is 3.87. The SMILES string of the molecule is CCc1ccc(-c2cc(C(=O)NCc3ccc[nH+]c3)c3ccccc3n2)cc1. The van der Waals surface area contributed by atoms with E-state index in [1.165, 1.54) is 5.56 Å². The summed E-state index contributed by atoms with van der Waals surface area (Å²) < 4.78 is 0. The van der Waals surface area contributed by atoms with E-state index in [4.69, 9.17) is 4.98 Å². The first-order valence-electron chi connectivity index (χ1n) is 9.47. The van der Waals surface area contributed by atoms with E-state index < -0.39 is 0 Å². The van der Waals surface area contributed by atoms with E-state index in [2.05, 4.69) is 41.5 Å². The van der Waals surface area contributed by atoms with Gasteiger partial charge in [-0.15, -0.1) is 0 Å². The van der Waals surface area contributed by atoms with E-state index in [1.54, 1.807) is 0 Å². The number of amides is 1. The second kappa shape index (κ2) is 8.01. The number of rotatable bonds is 5. The Morgan fingerprint density at radius 2 is 1.82 bits per heavy atom. The van der Waals surface area contributed by atoms with Gasteiger partial charge in [0.1, 0.15) is 0 Å². The topological polar surface area (TPSA) is 56.1 Å². The van der Waals surface area contributed by atoms with Crippen LogP contribution in [-0.2, 0) is 13.0 Å². The molecule has 0 aliphatic rings. The van der Waals surface area contributed by atoms with Crippen molar-refractivity contribution >= 4 is 16.8 Å². The molecule has 4 heteroatoms. The van der Waals surface area contributed by atoms with Gasteiger partial charge in [-0.3, -0.25) is 4.79 Å². The van der Waals surface area contributed by atoms with Crippen molar-refractivity contribution in [1.29, 1.82) is 0 Å². The van der Waals surface area contributed by atoms with Crippen molar-refractivity contribution < 1.29 is 9.78 Å². The van der Waals surface area contributed by atoms with Gasteiger partial charge in [0.25, 0.3) is 5.91 Å². The minimum atomic E-state index is -0.103. The van der Waals surface area contributed by atoms with E-state index in [0.717, 1.165) is 34.1 Å². The number of carbonyl (C=O) groups excluding carboxylic acids is 1. The van der Waals surface area contributed by atoms with Crippen LogP contribution in [0.25, 0.3) is 22.2 Å². The van der Waals surface area contributed by atoms with Crippen LogP contribution in [-0.4, -0.2) is 10.9 Å². The Labute approximate surface area is 164 Å². The van der Waals surface area contributed by atoms with Gasteiger partial charge < -0.3 is 5.32 Å². The summed E-state index contributed by atoms with van der Waals surface area (Å²) >= 11 is 0. The predicted molar refractivity (Wildman–Crippen MR) is 111 cm³/mol. The van der Waals surface area contributed by atoms with Gasteiger partial charge >= 0.3 is 0 Å². The molecule has 2 heterocycles. The molecule has 1 amide bonds. The molecule has 2 aromatic heterocycles. The average molecular weight is 368 g/mol. The van der Waals surface area contributed by atoms with Crippen LogP contribution in [0.1, 0.15) is 28.4 Å². The number of benzene rings is 2. The van der Waals surface area contributed by atoms with Crippen LogP contribution in [0.3, 0.4) is 0 Å². The number of pyridine rings is 2. The van der Waals surface area contributed by atoms with Crippen molar-refractivity contribution in [2.45, 2.75) is 19.9 Å². The molecule has 4 aromatic rings. The van der Waals surface area contributed by atoms with Crippen molar-refractivity contribution in [2.24, 2.45) is 0 Å². The zero-order valence-electron chi connectivity index (χ0n) is 15.8. The molecule has 138 valence electrons. The third kappa shape index (κ3) is 3.76. The summed E-state index contributed by atoms with van der Waals surface area (Å²) in [6.07, 6.45) is 4.72. The largest absolute Gasteiger partial charge is 0.348 e. The molecule has 0 bridgehead atoms. The molecular weight excluding hydrogens is 346 g/mol. The first-order chi connectivity index (χ1) is 13.7. The van der Waals surface area contributed by atoms with Crippen LogP contribution >= 0.6 is 0 Å². The maximum absolute atomic E-state index is 13.0. The molecule has 0 fully saturated rings. The highest BCUT2D eigenvalue weighted by molar-refractivity contribution is 6.07. The van der Waals surface area contributed by atoms with Crippen molar-refractivity contribution in [3.8, 4) is 11.3 Å². The number of nitrogens with one attached hydrogen (secondary N) is 2.